The van der Waals surface area contributed by atoms with Crippen LogP contribution in [0.15, 0.2) is 40.6 Å². The quantitative estimate of drug-likeness (QED) is 0.372. The Morgan fingerprint density at radius 2 is 1.88 bits per heavy atom. The second kappa shape index (κ2) is 8.40. The summed E-state index contributed by atoms with van der Waals surface area (Å²) in [7, 11) is 0. The van der Waals surface area contributed by atoms with Crippen LogP contribution in [-0.4, -0.2) is 28.8 Å². The van der Waals surface area contributed by atoms with Crippen LogP contribution in [0.3, 0.4) is 0 Å². The maximum atomic E-state index is 5.02. The molecule has 3 nitrogen and oxygen atoms in total. The first-order valence-electron chi connectivity index (χ1n) is 9.60. The van der Waals surface area contributed by atoms with Crippen molar-refractivity contribution in [3.8, 4) is 11.4 Å². The molecule has 0 spiro atoms. The molecule has 0 unspecified atom stereocenters. The van der Waals surface area contributed by atoms with Crippen molar-refractivity contribution in [3.05, 3.63) is 36.4 Å². The third kappa shape index (κ3) is 3.89. The minimum absolute atomic E-state index is 0.852. The highest BCUT2D eigenvalue weighted by Crippen LogP contribution is 2.38. The summed E-state index contributed by atoms with van der Waals surface area (Å²) in [6.07, 6.45) is 6.36. The van der Waals surface area contributed by atoms with Crippen LogP contribution in [0.4, 0.5) is 5.82 Å². The lowest BCUT2D eigenvalue weighted by atomic mass is 10.1. The van der Waals surface area contributed by atoms with Crippen LogP contribution < -0.4 is 4.90 Å². The van der Waals surface area contributed by atoms with Gasteiger partial charge in [0.2, 0.25) is 0 Å². The molecular formula is C21H25N3S2. The lowest BCUT2D eigenvalue weighted by Crippen LogP contribution is -2.30. The number of unbranched alkanes of at least 4 members (excludes halogenated alkanes) is 1. The van der Waals surface area contributed by atoms with Gasteiger partial charge >= 0.3 is 0 Å². The molecule has 3 aromatic rings. The molecule has 0 radical (unpaired) electrons. The highest BCUT2D eigenvalue weighted by atomic mass is 32.2. The van der Waals surface area contributed by atoms with Crippen molar-refractivity contribution in [1.82, 2.24) is 9.97 Å². The zero-order chi connectivity index (χ0) is 17.8. The van der Waals surface area contributed by atoms with Crippen LogP contribution >= 0.6 is 23.1 Å². The van der Waals surface area contributed by atoms with E-state index in [0.29, 0.717) is 0 Å². The van der Waals surface area contributed by atoms with Gasteiger partial charge in [-0.2, -0.15) is 0 Å². The van der Waals surface area contributed by atoms with Crippen molar-refractivity contribution in [2.75, 3.05) is 23.7 Å². The lowest BCUT2D eigenvalue weighted by molar-refractivity contribution is 0.575. The highest BCUT2D eigenvalue weighted by molar-refractivity contribution is 8.01. The molecule has 0 amide bonds. The maximum Gasteiger partial charge on any atom is 0.163 e. The van der Waals surface area contributed by atoms with Gasteiger partial charge in [-0.3, -0.25) is 0 Å². The summed E-state index contributed by atoms with van der Waals surface area (Å²) >= 11 is 3.78. The second-order valence-corrected chi connectivity index (χ2v) is 9.20. The predicted octanol–water partition coefficient (Wildman–Crippen LogP) is 6.24. The fourth-order valence-electron chi connectivity index (χ4n) is 3.34. The van der Waals surface area contributed by atoms with E-state index in [1.54, 1.807) is 0 Å². The first-order chi connectivity index (χ1) is 12.8. The molecule has 0 saturated carbocycles. The van der Waals surface area contributed by atoms with Crippen LogP contribution in [0, 0.1) is 0 Å². The molecule has 1 aliphatic heterocycles. The van der Waals surface area contributed by atoms with E-state index in [1.807, 2.05) is 29.2 Å². The van der Waals surface area contributed by atoms with E-state index in [4.69, 9.17) is 9.97 Å². The largest absolute Gasteiger partial charge is 0.356 e. The van der Waals surface area contributed by atoms with Crippen molar-refractivity contribution >= 4 is 39.1 Å². The first kappa shape index (κ1) is 17.8. The molecule has 2 aromatic heterocycles. The monoisotopic (exact) mass is 383 g/mol. The Kier molecular flexibility index (Phi) is 5.75. The molecule has 0 atom stereocenters. The first-order valence-corrected chi connectivity index (χ1v) is 11.4. The number of thioether (sulfide) groups is 1. The molecule has 3 heterocycles. The summed E-state index contributed by atoms with van der Waals surface area (Å²) in [5, 5.41) is 1.23. The number of nitrogens with zero attached hydrogens (tertiary/aromatic N) is 3. The number of piperidine rings is 1. The summed E-state index contributed by atoms with van der Waals surface area (Å²) < 4.78 is 1.37. The minimum Gasteiger partial charge on any atom is -0.356 e. The zero-order valence-corrected chi connectivity index (χ0v) is 16.9. The van der Waals surface area contributed by atoms with E-state index in [1.165, 1.54) is 47.5 Å². The van der Waals surface area contributed by atoms with Gasteiger partial charge in [-0.05, 0) is 37.5 Å². The van der Waals surface area contributed by atoms with Crippen LogP contribution in [0.2, 0.25) is 0 Å². The zero-order valence-electron chi connectivity index (χ0n) is 15.3. The number of anilines is 1. The van der Waals surface area contributed by atoms with E-state index in [2.05, 4.69) is 42.2 Å². The SMILES string of the molecule is CCCCSc1cc2c(N3CCCCC3)nc(-c3ccccc3)nc2s1. The minimum atomic E-state index is 0.852. The van der Waals surface area contributed by atoms with E-state index >= 15 is 0 Å². The van der Waals surface area contributed by atoms with Crippen molar-refractivity contribution in [2.24, 2.45) is 0 Å². The fourth-order valence-corrected chi connectivity index (χ4v) is 5.65. The molecular weight excluding hydrogens is 358 g/mol. The number of aromatic nitrogens is 2. The van der Waals surface area contributed by atoms with Gasteiger partial charge in [0.15, 0.2) is 5.82 Å². The average Bonchev–Trinajstić information content (AvgIpc) is 3.11. The topological polar surface area (TPSA) is 29.0 Å². The van der Waals surface area contributed by atoms with Crippen molar-refractivity contribution in [3.63, 3.8) is 0 Å². The van der Waals surface area contributed by atoms with Gasteiger partial charge in [-0.25, -0.2) is 9.97 Å². The van der Waals surface area contributed by atoms with Gasteiger partial charge < -0.3 is 4.90 Å². The van der Waals surface area contributed by atoms with E-state index in [0.717, 1.165) is 35.1 Å². The Morgan fingerprint density at radius 3 is 2.65 bits per heavy atom. The van der Waals surface area contributed by atoms with Gasteiger partial charge in [-0.1, -0.05) is 43.7 Å². The number of benzene rings is 1. The molecule has 0 N–H and O–H groups in total. The molecule has 0 bridgehead atoms. The Balaban J connectivity index is 1.76. The number of thiophene rings is 1. The molecule has 1 aromatic carbocycles. The van der Waals surface area contributed by atoms with E-state index in [-0.39, 0.29) is 0 Å². The molecule has 1 aliphatic rings. The summed E-state index contributed by atoms with van der Waals surface area (Å²) in [6, 6.07) is 12.7. The van der Waals surface area contributed by atoms with Gasteiger partial charge in [0, 0.05) is 18.7 Å². The third-order valence-corrected chi connectivity index (χ3v) is 7.10. The lowest BCUT2D eigenvalue weighted by Gasteiger charge is -2.28. The molecule has 1 saturated heterocycles. The molecule has 1 fully saturated rings. The van der Waals surface area contributed by atoms with Gasteiger partial charge in [0.1, 0.15) is 10.6 Å². The Labute approximate surface area is 163 Å². The normalized spacial score (nSPS) is 14.9. The number of rotatable bonds is 6. The molecule has 136 valence electrons. The highest BCUT2D eigenvalue weighted by Gasteiger charge is 2.19. The second-order valence-electron chi connectivity index (χ2n) is 6.77. The summed E-state index contributed by atoms with van der Waals surface area (Å²) in [4.78, 5) is 13.5. The third-order valence-electron chi connectivity index (χ3n) is 4.78. The fraction of sp³-hybridized carbons (Fsp3) is 0.429. The van der Waals surface area contributed by atoms with Crippen molar-refractivity contribution in [2.45, 2.75) is 43.2 Å². The van der Waals surface area contributed by atoms with Crippen LogP contribution in [-0.2, 0) is 0 Å². The Morgan fingerprint density at radius 1 is 1.08 bits per heavy atom. The molecule has 0 aliphatic carbocycles. The van der Waals surface area contributed by atoms with E-state index in [9.17, 15) is 0 Å². The van der Waals surface area contributed by atoms with Crippen LogP contribution in [0.5, 0.6) is 0 Å². The summed E-state index contributed by atoms with van der Waals surface area (Å²) in [5.41, 5.74) is 1.10. The van der Waals surface area contributed by atoms with Crippen LogP contribution in [0.25, 0.3) is 21.6 Å². The predicted molar refractivity (Wildman–Crippen MR) is 115 cm³/mol. The van der Waals surface area contributed by atoms with Gasteiger partial charge in [0.25, 0.3) is 0 Å². The Bertz CT molecular complexity index is 854. The van der Waals surface area contributed by atoms with Gasteiger partial charge in [-0.15, -0.1) is 23.1 Å². The number of fused-ring (bicyclic) bond motifs is 1. The molecule has 26 heavy (non-hydrogen) atoms. The van der Waals surface area contributed by atoms with Crippen molar-refractivity contribution < 1.29 is 0 Å². The molecule has 4 rings (SSSR count). The van der Waals surface area contributed by atoms with Gasteiger partial charge in [0.05, 0.1) is 9.60 Å². The van der Waals surface area contributed by atoms with Crippen LogP contribution in [0.1, 0.15) is 39.0 Å². The van der Waals surface area contributed by atoms with E-state index < -0.39 is 0 Å². The van der Waals surface area contributed by atoms with Crippen molar-refractivity contribution in [1.29, 1.82) is 0 Å². The average molecular weight is 384 g/mol. The summed E-state index contributed by atoms with van der Waals surface area (Å²) in [6.45, 7) is 4.46. The number of hydrogen-bond acceptors (Lipinski definition) is 5. The standard InChI is InChI=1S/C21H25N3S2/c1-2-3-14-25-18-15-17-20(24-12-8-5-9-13-24)22-19(23-21(17)26-18)16-10-6-4-7-11-16/h4,6-7,10-11,15H,2-3,5,8-9,12-14H2,1H3. The maximum absolute atomic E-state index is 5.02. The smallest absolute Gasteiger partial charge is 0.163 e. The number of hydrogen-bond donors (Lipinski definition) is 0. The summed E-state index contributed by atoms with van der Waals surface area (Å²) in [5.74, 6) is 3.17. The Hall–Kier alpha value is -1.59. The molecule has 5 heteroatoms.